The Morgan fingerprint density at radius 2 is 1.82 bits per heavy atom. The zero-order chi connectivity index (χ0) is 15.7. The van der Waals surface area contributed by atoms with Crippen LogP contribution in [0.25, 0.3) is 0 Å². The molecule has 2 aromatic carbocycles. The third kappa shape index (κ3) is 2.83. The standard InChI is InChI=1S/C15H10F3NO3/c16-15(17,18)10-2-1-3-11(7-10)19-14(20)9-4-5-12-13(6-9)22-8-21-12/h1-7H,8H2,(H,19,20). The van der Waals surface area contributed by atoms with Gasteiger partial charge >= 0.3 is 6.18 Å². The van der Waals surface area contributed by atoms with Crippen LogP contribution in [0.1, 0.15) is 15.9 Å². The van der Waals surface area contributed by atoms with Gasteiger partial charge in [-0.25, -0.2) is 0 Å². The van der Waals surface area contributed by atoms with Gasteiger partial charge in [0.05, 0.1) is 5.56 Å². The molecule has 0 aliphatic carbocycles. The highest BCUT2D eigenvalue weighted by Gasteiger charge is 2.30. The van der Waals surface area contributed by atoms with Crippen molar-refractivity contribution < 1.29 is 27.4 Å². The van der Waals surface area contributed by atoms with Gasteiger partial charge in [0.1, 0.15) is 0 Å². The number of ether oxygens (including phenoxy) is 2. The molecule has 0 aromatic heterocycles. The topological polar surface area (TPSA) is 47.6 Å². The van der Waals surface area contributed by atoms with E-state index in [0.29, 0.717) is 11.5 Å². The highest BCUT2D eigenvalue weighted by Crippen LogP contribution is 2.33. The second-order valence-corrected chi connectivity index (χ2v) is 4.60. The van der Waals surface area contributed by atoms with Gasteiger partial charge in [-0.3, -0.25) is 4.79 Å². The maximum Gasteiger partial charge on any atom is 0.416 e. The Labute approximate surface area is 123 Å². The Morgan fingerprint density at radius 1 is 1.05 bits per heavy atom. The van der Waals surface area contributed by atoms with E-state index in [0.717, 1.165) is 12.1 Å². The minimum Gasteiger partial charge on any atom is -0.454 e. The second-order valence-electron chi connectivity index (χ2n) is 4.60. The second kappa shape index (κ2) is 5.25. The lowest BCUT2D eigenvalue weighted by Crippen LogP contribution is -2.13. The maximum atomic E-state index is 12.6. The molecule has 0 fully saturated rings. The zero-order valence-corrected chi connectivity index (χ0v) is 11.1. The van der Waals surface area contributed by atoms with Gasteiger partial charge in [0.25, 0.3) is 5.91 Å². The van der Waals surface area contributed by atoms with E-state index in [4.69, 9.17) is 9.47 Å². The van der Waals surface area contributed by atoms with Gasteiger partial charge in [0.15, 0.2) is 11.5 Å². The van der Waals surface area contributed by atoms with Gasteiger partial charge in [-0.05, 0) is 36.4 Å². The number of anilines is 1. The van der Waals surface area contributed by atoms with E-state index < -0.39 is 17.6 Å². The summed E-state index contributed by atoms with van der Waals surface area (Å²) in [6.45, 7) is 0.0774. The first-order valence-corrected chi connectivity index (χ1v) is 6.32. The Bertz CT molecular complexity index is 728. The predicted octanol–water partition coefficient (Wildman–Crippen LogP) is 3.69. The molecule has 1 N–H and O–H groups in total. The number of fused-ring (bicyclic) bond motifs is 1. The van der Waals surface area contributed by atoms with Gasteiger partial charge in [0.2, 0.25) is 6.79 Å². The first kappa shape index (κ1) is 14.2. The Morgan fingerprint density at radius 3 is 2.59 bits per heavy atom. The summed E-state index contributed by atoms with van der Waals surface area (Å²) in [5.41, 5.74) is -0.491. The third-order valence-corrected chi connectivity index (χ3v) is 3.08. The van der Waals surface area contributed by atoms with Crippen molar-refractivity contribution in [3.05, 3.63) is 53.6 Å². The van der Waals surface area contributed by atoms with E-state index in [-0.39, 0.29) is 18.0 Å². The van der Waals surface area contributed by atoms with E-state index >= 15 is 0 Å². The van der Waals surface area contributed by atoms with Crippen LogP contribution in [0.2, 0.25) is 0 Å². The molecule has 3 rings (SSSR count). The van der Waals surface area contributed by atoms with Crippen LogP contribution in [-0.2, 0) is 6.18 Å². The van der Waals surface area contributed by atoms with Crippen LogP contribution < -0.4 is 14.8 Å². The average molecular weight is 309 g/mol. The SMILES string of the molecule is O=C(Nc1cccc(C(F)(F)F)c1)c1ccc2c(c1)OCO2. The number of amides is 1. The Kier molecular flexibility index (Phi) is 3.40. The predicted molar refractivity (Wildman–Crippen MR) is 72.0 cm³/mol. The molecule has 0 saturated carbocycles. The molecule has 7 heteroatoms. The molecule has 0 radical (unpaired) electrons. The van der Waals surface area contributed by atoms with Gasteiger partial charge in [-0.2, -0.15) is 13.2 Å². The van der Waals surface area contributed by atoms with E-state index in [1.807, 2.05) is 0 Å². The van der Waals surface area contributed by atoms with E-state index in [9.17, 15) is 18.0 Å². The largest absolute Gasteiger partial charge is 0.454 e. The molecule has 1 aliphatic heterocycles. The molecule has 114 valence electrons. The summed E-state index contributed by atoms with van der Waals surface area (Å²) >= 11 is 0. The summed E-state index contributed by atoms with van der Waals surface area (Å²) in [5.74, 6) is 0.421. The maximum absolute atomic E-state index is 12.6. The Hall–Kier alpha value is -2.70. The number of carbonyl (C=O) groups is 1. The smallest absolute Gasteiger partial charge is 0.416 e. The van der Waals surface area contributed by atoms with Gasteiger partial charge in [-0.1, -0.05) is 6.07 Å². The molecule has 0 atom stereocenters. The molecule has 1 heterocycles. The molecule has 1 amide bonds. The highest BCUT2D eigenvalue weighted by atomic mass is 19.4. The highest BCUT2D eigenvalue weighted by molar-refractivity contribution is 6.04. The van der Waals surface area contributed by atoms with Gasteiger partial charge in [-0.15, -0.1) is 0 Å². The van der Waals surface area contributed by atoms with E-state index in [1.165, 1.54) is 24.3 Å². The van der Waals surface area contributed by atoms with E-state index in [2.05, 4.69) is 5.32 Å². The number of halogens is 3. The lowest BCUT2D eigenvalue weighted by molar-refractivity contribution is -0.137. The fourth-order valence-electron chi connectivity index (χ4n) is 2.01. The van der Waals surface area contributed by atoms with Crippen LogP contribution in [0.15, 0.2) is 42.5 Å². The number of rotatable bonds is 2. The molecule has 2 aromatic rings. The van der Waals surface area contributed by atoms with Crippen molar-refractivity contribution in [1.82, 2.24) is 0 Å². The molecule has 1 aliphatic rings. The molecule has 4 nitrogen and oxygen atoms in total. The third-order valence-electron chi connectivity index (χ3n) is 3.08. The number of nitrogens with one attached hydrogen (secondary N) is 1. The normalized spacial score (nSPS) is 13.0. The van der Waals surface area contributed by atoms with Crippen molar-refractivity contribution in [3.63, 3.8) is 0 Å². The van der Waals surface area contributed by atoms with Gasteiger partial charge < -0.3 is 14.8 Å². The summed E-state index contributed by atoms with van der Waals surface area (Å²) in [6.07, 6.45) is -4.46. The number of hydrogen-bond donors (Lipinski definition) is 1. The summed E-state index contributed by atoms with van der Waals surface area (Å²) in [7, 11) is 0. The van der Waals surface area contributed by atoms with E-state index in [1.54, 1.807) is 6.07 Å². The molecule has 0 saturated heterocycles. The quantitative estimate of drug-likeness (QED) is 0.920. The minimum absolute atomic E-state index is 0.0671. The number of benzene rings is 2. The lowest BCUT2D eigenvalue weighted by Gasteiger charge is -2.10. The molecule has 0 spiro atoms. The van der Waals surface area contributed by atoms with Crippen LogP contribution in [0.3, 0.4) is 0 Å². The summed E-state index contributed by atoms with van der Waals surface area (Å²) in [6, 6.07) is 9.00. The number of alkyl halides is 3. The summed E-state index contributed by atoms with van der Waals surface area (Å²) in [4.78, 5) is 12.1. The van der Waals surface area contributed by atoms with Crippen molar-refractivity contribution in [2.75, 3.05) is 12.1 Å². The minimum atomic E-state index is -4.46. The first-order valence-electron chi connectivity index (χ1n) is 6.32. The molecule has 0 bridgehead atoms. The van der Waals surface area contributed by atoms with Crippen molar-refractivity contribution >= 4 is 11.6 Å². The van der Waals surface area contributed by atoms with Crippen LogP contribution >= 0.6 is 0 Å². The average Bonchev–Trinajstić information content (AvgIpc) is 2.94. The van der Waals surface area contributed by atoms with Crippen LogP contribution in [-0.4, -0.2) is 12.7 Å². The molecular weight excluding hydrogens is 299 g/mol. The molecule has 0 unspecified atom stereocenters. The number of carbonyl (C=O) groups excluding carboxylic acids is 1. The monoisotopic (exact) mass is 309 g/mol. The van der Waals surface area contributed by atoms with Crippen molar-refractivity contribution in [2.45, 2.75) is 6.18 Å². The van der Waals surface area contributed by atoms with Crippen molar-refractivity contribution in [3.8, 4) is 11.5 Å². The van der Waals surface area contributed by atoms with Crippen LogP contribution in [0.5, 0.6) is 11.5 Å². The number of hydrogen-bond acceptors (Lipinski definition) is 3. The summed E-state index contributed by atoms with van der Waals surface area (Å²) in [5, 5.41) is 2.43. The lowest BCUT2D eigenvalue weighted by atomic mass is 10.1. The van der Waals surface area contributed by atoms with Gasteiger partial charge in [0, 0.05) is 11.3 Å². The van der Waals surface area contributed by atoms with Crippen molar-refractivity contribution in [2.24, 2.45) is 0 Å². The van der Waals surface area contributed by atoms with Crippen LogP contribution in [0.4, 0.5) is 18.9 Å². The zero-order valence-electron chi connectivity index (χ0n) is 11.1. The fraction of sp³-hybridized carbons (Fsp3) is 0.133. The summed E-state index contributed by atoms with van der Waals surface area (Å²) < 4.78 is 48.2. The first-order chi connectivity index (χ1) is 10.4. The van der Waals surface area contributed by atoms with Crippen LogP contribution in [0, 0.1) is 0 Å². The molecule has 22 heavy (non-hydrogen) atoms. The fourth-order valence-corrected chi connectivity index (χ4v) is 2.01. The Balaban J connectivity index is 1.80. The van der Waals surface area contributed by atoms with Crippen molar-refractivity contribution in [1.29, 1.82) is 0 Å². The molecular formula is C15H10F3NO3.